The van der Waals surface area contributed by atoms with Crippen LogP contribution in [0, 0.1) is 11.3 Å². The zero-order valence-electron chi connectivity index (χ0n) is 24.3. The second kappa shape index (κ2) is 12.1. The van der Waals surface area contributed by atoms with E-state index in [4.69, 9.17) is 20.4 Å². The van der Waals surface area contributed by atoms with Crippen molar-refractivity contribution in [3.05, 3.63) is 58.9 Å². The van der Waals surface area contributed by atoms with Crippen LogP contribution in [0.4, 0.5) is 16.2 Å². The molecule has 2 N–H and O–H groups in total. The van der Waals surface area contributed by atoms with Crippen LogP contribution in [0.5, 0.6) is 0 Å². The highest BCUT2D eigenvalue weighted by molar-refractivity contribution is 6.74. The third-order valence-electron chi connectivity index (χ3n) is 7.90. The molecule has 1 aliphatic rings. The van der Waals surface area contributed by atoms with Crippen LogP contribution in [0.3, 0.4) is 0 Å². The van der Waals surface area contributed by atoms with Crippen molar-refractivity contribution >= 4 is 37.4 Å². The zero-order valence-corrected chi connectivity index (χ0v) is 26.1. The van der Waals surface area contributed by atoms with Crippen molar-refractivity contribution < 1.29 is 18.7 Å². The van der Waals surface area contributed by atoms with Gasteiger partial charge in [0.25, 0.3) is 0 Å². The van der Waals surface area contributed by atoms with Crippen LogP contribution in [-0.4, -0.2) is 66.9 Å². The number of aromatic nitrogens is 2. The fourth-order valence-electron chi connectivity index (χ4n) is 4.41. The van der Waals surface area contributed by atoms with E-state index in [-0.39, 0.29) is 11.1 Å². The Hall–Kier alpha value is -3.59. The monoisotopic (exact) mass is 596 g/mol. The summed E-state index contributed by atoms with van der Waals surface area (Å²) >= 11 is 6.31. The smallest absolute Gasteiger partial charge is 0.407 e. The van der Waals surface area contributed by atoms with E-state index in [1.807, 2.05) is 31.2 Å². The topological polar surface area (TPSA) is 128 Å². The van der Waals surface area contributed by atoms with E-state index in [0.29, 0.717) is 54.2 Å². The van der Waals surface area contributed by atoms with E-state index in [9.17, 15) is 15.2 Å². The van der Waals surface area contributed by atoms with Gasteiger partial charge in [-0.25, -0.2) is 4.79 Å². The molecule has 2 aromatic carbocycles. The summed E-state index contributed by atoms with van der Waals surface area (Å²) in [6.45, 7) is 15.2. The lowest BCUT2D eigenvalue weighted by molar-refractivity contribution is 0.142. The number of amides is 1. The quantitative estimate of drug-likeness (QED) is 0.275. The second-order valence-corrected chi connectivity index (χ2v) is 16.9. The van der Waals surface area contributed by atoms with Crippen molar-refractivity contribution in [3.8, 4) is 17.5 Å². The van der Waals surface area contributed by atoms with Gasteiger partial charge in [-0.1, -0.05) is 32.4 Å². The number of rotatable bonds is 8. The molecule has 0 saturated carbocycles. The predicted octanol–water partition coefficient (Wildman–Crippen LogP) is 6.63. The van der Waals surface area contributed by atoms with E-state index in [1.54, 1.807) is 18.2 Å². The molecule has 218 valence electrons. The molecule has 0 bridgehead atoms. The van der Waals surface area contributed by atoms with Crippen molar-refractivity contribution in [1.29, 1.82) is 5.26 Å². The molecular formula is C29H37ClN6O4Si. The minimum atomic E-state index is -2.14. The first kappa shape index (κ1) is 30.4. The highest BCUT2D eigenvalue weighted by atomic mass is 35.5. The first-order chi connectivity index (χ1) is 19.3. The molecule has 12 heteroatoms. The van der Waals surface area contributed by atoms with Crippen molar-refractivity contribution in [3.63, 3.8) is 0 Å². The Morgan fingerprint density at radius 3 is 2.37 bits per heavy atom. The summed E-state index contributed by atoms with van der Waals surface area (Å²) < 4.78 is 12.9. The number of hydrogen-bond donors (Lipinski definition) is 2. The van der Waals surface area contributed by atoms with Crippen LogP contribution in [0.1, 0.15) is 45.2 Å². The Morgan fingerprint density at radius 2 is 1.80 bits per heavy atom. The lowest BCUT2D eigenvalue weighted by Crippen LogP contribution is -2.48. The molecule has 41 heavy (non-hydrogen) atoms. The summed E-state index contributed by atoms with van der Waals surface area (Å²) in [6, 6.07) is 14.6. The molecule has 10 nitrogen and oxygen atoms in total. The fourth-order valence-corrected chi connectivity index (χ4v) is 6.05. The Bertz CT molecular complexity index is 1410. The highest BCUT2D eigenvalue weighted by Crippen LogP contribution is 2.39. The summed E-state index contributed by atoms with van der Waals surface area (Å²) in [6.07, 6.45) is -1.20. The van der Waals surface area contributed by atoms with Crippen LogP contribution in [0.15, 0.2) is 46.9 Å². The number of nitriles is 1. The minimum Gasteiger partial charge on any atom is -0.465 e. The molecule has 0 spiro atoms. The van der Waals surface area contributed by atoms with Crippen LogP contribution in [0.2, 0.25) is 23.2 Å². The molecule has 0 aliphatic carbocycles. The lowest BCUT2D eigenvalue weighted by atomic mass is 10.1. The number of anilines is 2. The van der Waals surface area contributed by atoms with Crippen molar-refractivity contribution in [2.45, 2.75) is 58.0 Å². The summed E-state index contributed by atoms with van der Waals surface area (Å²) in [5.41, 5.74) is 2.88. The third-order valence-corrected chi connectivity index (χ3v) is 12.8. The van der Waals surface area contributed by atoms with E-state index < -0.39 is 20.5 Å². The molecule has 2 heterocycles. The van der Waals surface area contributed by atoms with Crippen LogP contribution < -0.4 is 10.2 Å². The molecule has 3 aromatic rings. The van der Waals surface area contributed by atoms with Gasteiger partial charge in [0, 0.05) is 43.1 Å². The van der Waals surface area contributed by atoms with Crippen LogP contribution in [-0.2, 0) is 4.43 Å². The Morgan fingerprint density at radius 1 is 1.15 bits per heavy atom. The van der Waals surface area contributed by atoms with Crippen molar-refractivity contribution in [2.75, 3.05) is 36.4 Å². The SMILES string of the molecule is CC(O[Si](C)(C)C(C)(C)C)C(Nc1ccc(C#N)c(Cl)c1)c1nnc(-c2ccc(N3CCN(C(=O)O)CC3)cc2)o1. The maximum Gasteiger partial charge on any atom is 0.407 e. The Kier molecular flexibility index (Phi) is 8.96. The number of piperazine rings is 1. The standard InChI is InChI=1S/C29H37ClN6O4Si/c1-19(40-41(5,6)29(2,3)4)25(32-22-10-7-21(18-31)24(30)17-22)27-34-33-26(39-27)20-8-11-23(12-9-20)35-13-15-36(16-14-35)28(37)38/h7-12,17,19,25,32H,13-16H2,1-6H3,(H,37,38). The van der Waals surface area contributed by atoms with Crippen LogP contribution >= 0.6 is 11.6 Å². The van der Waals surface area contributed by atoms with Gasteiger partial charge < -0.3 is 29.1 Å². The maximum atomic E-state index is 11.2. The first-order valence-corrected chi connectivity index (χ1v) is 16.9. The van der Waals surface area contributed by atoms with Gasteiger partial charge in [-0.05, 0) is 67.5 Å². The van der Waals surface area contributed by atoms with Crippen LogP contribution in [0.25, 0.3) is 11.5 Å². The molecular weight excluding hydrogens is 560 g/mol. The van der Waals surface area contributed by atoms with Gasteiger partial charge in [-0.15, -0.1) is 10.2 Å². The number of halogens is 1. The molecule has 1 fully saturated rings. The molecule has 2 unspecified atom stereocenters. The molecule has 2 atom stereocenters. The molecule has 1 amide bonds. The van der Waals surface area contributed by atoms with Gasteiger partial charge in [0.15, 0.2) is 8.32 Å². The average molecular weight is 597 g/mol. The van der Waals surface area contributed by atoms with Gasteiger partial charge in [0.05, 0.1) is 16.7 Å². The van der Waals surface area contributed by atoms with Gasteiger partial charge in [-0.2, -0.15) is 5.26 Å². The third kappa shape index (κ3) is 7.01. The number of carboxylic acid groups (broad SMARTS) is 1. The number of nitrogens with one attached hydrogen (secondary N) is 1. The Balaban J connectivity index is 1.56. The summed E-state index contributed by atoms with van der Waals surface area (Å²) in [4.78, 5) is 14.8. The van der Waals surface area contributed by atoms with E-state index in [0.717, 1.165) is 11.3 Å². The first-order valence-electron chi connectivity index (χ1n) is 13.6. The lowest BCUT2D eigenvalue weighted by Gasteiger charge is -2.40. The average Bonchev–Trinajstić information content (AvgIpc) is 3.41. The minimum absolute atomic E-state index is 0.00553. The van der Waals surface area contributed by atoms with Crippen molar-refractivity contribution in [1.82, 2.24) is 15.1 Å². The highest BCUT2D eigenvalue weighted by Gasteiger charge is 2.41. The largest absolute Gasteiger partial charge is 0.465 e. The van der Waals surface area contributed by atoms with Gasteiger partial charge in [0.2, 0.25) is 11.8 Å². The summed E-state index contributed by atoms with van der Waals surface area (Å²) in [5.74, 6) is 0.756. The number of nitrogens with zero attached hydrogens (tertiary/aromatic N) is 5. The summed E-state index contributed by atoms with van der Waals surface area (Å²) in [5, 5.41) is 31.0. The van der Waals surface area contributed by atoms with E-state index in [1.165, 1.54) is 4.90 Å². The van der Waals surface area contributed by atoms with Gasteiger partial charge in [-0.3, -0.25) is 0 Å². The number of benzene rings is 2. The van der Waals surface area contributed by atoms with Gasteiger partial charge in [0.1, 0.15) is 12.1 Å². The number of hydrogen-bond acceptors (Lipinski definition) is 8. The zero-order chi connectivity index (χ0) is 29.9. The van der Waals surface area contributed by atoms with E-state index >= 15 is 0 Å². The van der Waals surface area contributed by atoms with Crippen molar-refractivity contribution in [2.24, 2.45) is 0 Å². The molecule has 1 aromatic heterocycles. The molecule has 1 aliphatic heterocycles. The second-order valence-electron chi connectivity index (χ2n) is 11.8. The number of carbonyl (C=O) groups is 1. The molecule has 4 rings (SSSR count). The molecule has 0 radical (unpaired) electrons. The predicted molar refractivity (Wildman–Crippen MR) is 162 cm³/mol. The van der Waals surface area contributed by atoms with Gasteiger partial charge >= 0.3 is 6.09 Å². The molecule has 1 saturated heterocycles. The summed E-state index contributed by atoms with van der Waals surface area (Å²) in [7, 11) is -2.14. The fraction of sp³-hybridized carbons (Fsp3) is 0.448. The maximum absolute atomic E-state index is 11.2. The van der Waals surface area contributed by atoms with E-state index in [2.05, 4.69) is 60.3 Å². The normalized spacial score (nSPS) is 15.8. The Labute approximate surface area is 247 Å².